The van der Waals surface area contributed by atoms with Crippen LogP contribution in [-0.2, 0) is 12.8 Å². The lowest BCUT2D eigenvalue weighted by Crippen LogP contribution is -2.32. The molecule has 0 radical (unpaired) electrons. The van der Waals surface area contributed by atoms with Gasteiger partial charge in [-0.25, -0.2) is 4.79 Å². The molecule has 1 aliphatic rings. The van der Waals surface area contributed by atoms with Gasteiger partial charge in [-0.2, -0.15) is 0 Å². The summed E-state index contributed by atoms with van der Waals surface area (Å²) in [6.45, 7) is 2.03. The number of urea groups is 1. The van der Waals surface area contributed by atoms with Gasteiger partial charge in [0.05, 0.1) is 16.8 Å². The Morgan fingerprint density at radius 1 is 1.18 bits per heavy atom. The van der Waals surface area contributed by atoms with E-state index in [1.807, 2.05) is 30.4 Å². The third kappa shape index (κ3) is 3.93. The smallest absolute Gasteiger partial charge is 0.319 e. The maximum atomic E-state index is 12.6. The van der Waals surface area contributed by atoms with Crippen molar-refractivity contribution in [2.24, 2.45) is 0 Å². The number of hydrogen-bond donors (Lipinski definition) is 2. The number of nitrogens with one attached hydrogen (secondary N) is 2. The van der Waals surface area contributed by atoms with Gasteiger partial charge in [0.1, 0.15) is 5.00 Å². The largest absolute Gasteiger partial charge is 0.331 e. The number of benzene rings is 1. The number of rotatable bonds is 4. The molecule has 2 N–H and O–H groups in total. The monoisotopic (exact) mass is 433 g/mol. The second-order valence-corrected chi connectivity index (χ2v) is 8.89. The number of aromatic nitrogens is 1. The van der Waals surface area contributed by atoms with Crippen molar-refractivity contribution < 1.29 is 4.79 Å². The van der Waals surface area contributed by atoms with Crippen molar-refractivity contribution in [3.05, 3.63) is 68.8 Å². The molecule has 4 nitrogen and oxygen atoms in total. The average Bonchev–Trinajstić information content (AvgIpc) is 3.31. The van der Waals surface area contributed by atoms with E-state index in [1.54, 1.807) is 18.2 Å². The Kier molecular flexibility index (Phi) is 5.67. The summed E-state index contributed by atoms with van der Waals surface area (Å²) in [5, 5.41) is 8.04. The van der Waals surface area contributed by atoms with Crippen molar-refractivity contribution in [1.29, 1.82) is 0 Å². The predicted octanol–water partition coefficient (Wildman–Crippen LogP) is 6.61. The van der Waals surface area contributed by atoms with Gasteiger partial charge in [-0.15, -0.1) is 11.3 Å². The minimum Gasteiger partial charge on any atom is -0.331 e. The van der Waals surface area contributed by atoms with E-state index in [9.17, 15) is 4.79 Å². The van der Waals surface area contributed by atoms with Gasteiger partial charge in [-0.1, -0.05) is 23.2 Å². The van der Waals surface area contributed by atoms with Crippen molar-refractivity contribution in [1.82, 2.24) is 9.88 Å². The molecule has 0 spiro atoms. The number of amides is 2. The Bertz CT molecular complexity index is 998. The Hall–Kier alpha value is -1.95. The Labute approximate surface area is 178 Å². The SMILES string of the molecule is C[C@@H](NC(=O)Nc1cc(Cl)ccc1Cl)c1c(-n2cccc2)sc2c1CCCC2. The molecular weight excluding hydrogens is 413 g/mol. The van der Waals surface area contributed by atoms with E-state index in [4.69, 9.17) is 23.2 Å². The number of carbonyl (C=O) groups is 1. The van der Waals surface area contributed by atoms with Gasteiger partial charge < -0.3 is 15.2 Å². The van der Waals surface area contributed by atoms with Gasteiger partial charge >= 0.3 is 6.03 Å². The predicted molar refractivity (Wildman–Crippen MR) is 117 cm³/mol. The van der Waals surface area contributed by atoms with E-state index in [2.05, 4.69) is 27.6 Å². The molecule has 0 unspecified atom stereocenters. The first-order chi connectivity index (χ1) is 13.5. The molecule has 0 saturated heterocycles. The zero-order valence-electron chi connectivity index (χ0n) is 15.5. The van der Waals surface area contributed by atoms with Gasteiger partial charge in [0.25, 0.3) is 0 Å². The molecule has 2 amide bonds. The lowest BCUT2D eigenvalue weighted by Gasteiger charge is -2.20. The number of anilines is 1. The third-order valence-electron chi connectivity index (χ3n) is 4.99. The normalized spacial score (nSPS) is 14.4. The molecule has 1 aliphatic carbocycles. The van der Waals surface area contributed by atoms with E-state index < -0.39 is 0 Å². The third-order valence-corrected chi connectivity index (χ3v) is 6.87. The summed E-state index contributed by atoms with van der Waals surface area (Å²) in [7, 11) is 0. The first-order valence-corrected chi connectivity index (χ1v) is 10.9. The highest BCUT2D eigenvalue weighted by atomic mass is 35.5. The van der Waals surface area contributed by atoms with Crippen LogP contribution in [0, 0.1) is 0 Å². The molecule has 28 heavy (non-hydrogen) atoms. The van der Waals surface area contributed by atoms with Crippen LogP contribution in [0.2, 0.25) is 10.0 Å². The fraction of sp³-hybridized carbons (Fsp3) is 0.286. The van der Waals surface area contributed by atoms with Crippen LogP contribution in [0.4, 0.5) is 10.5 Å². The van der Waals surface area contributed by atoms with E-state index in [1.165, 1.54) is 33.8 Å². The summed E-state index contributed by atoms with van der Waals surface area (Å²) in [6.07, 6.45) is 8.71. The molecule has 0 saturated carbocycles. The number of thiophene rings is 1. The summed E-state index contributed by atoms with van der Waals surface area (Å²) in [4.78, 5) is 14.1. The molecule has 146 valence electrons. The Morgan fingerprint density at radius 3 is 2.71 bits per heavy atom. The van der Waals surface area contributed by atoms with Gasteiger partial charge in [-0.3, -0.25) is 0 Å². The van der Waals surface area contributed by atoms with Crippen molar-refractivity contribution >= 4 is 46.3 Å². The molecule has 0 bridgehead atoms. The van der Waals surface area contributed by atoms with Crippen molar-refractivity contribution in [2.75, 3.05) is 5.32 Å². The fourth-order valence-electron chi connectivity index (χ4n) is 3.70. The minimum absolute atomic E-state index is 0.131. The van der Waals surface area contributed by atoms with E-state index in [0.29, 0.717) is 15.7 Å². The van der Waals surface area contributed by atoms with Crippen LogP contribution in [0.15, 0.2) is 42.7 Å². The highest BCUT2D eigenvalue weighted by molar-refractivity contribution is 7.15. The first-order valence-electron chi connectivity index (χ1n) is 9.33. The summed E-state index contributed by atoms with van der Waals surface area (Å²) >= 11 is 14.0. The van der Waals surface area contributed by atoms with Crippen LogP contribution in [0.25, 0.3) is 5.00 Å². The molecular formula is C21H21Cl2N3OS. The molecule has 2 heterocycles. The fourth-order valence-corrected chi connectivity index (χ4v) is 5.49. The zero-order valence-corrected chi connectivity index (χ0v) is 17.8. The summed E-state index contributed by atoms with van der Waals surface area (Å²) in [5.41, 5.74) is 3.11. The zero-order chi connectivity index (χ0) is 19.7. The lowest BCUT2D eigenvalue weighted by molar-refractivity contribution is 0.249. The van der Waals surface area contributed by atoms with E-state index in [-0.39, 0.29) is 12.1 Å². The van der Waals surface area contributed by atoms with Crippen LogP contribution >= 0.6 is 34.5 Å². The molecule has 3 aromatic rings. The van der Waals surface area contributed by atoms with Crippen LogP contribution in [0.5, 0.6) is 0 Å². The summed E-state index contributed by atoms with van der Waals surface area (Å²) < 4.78 is 2.14. The Balaban J connectivity index is 1.59. The highest BCUT2D eigenvalue weighted by Gasteiger charge is 2.26. The van der Waals surface area contributed by atoms with Gasteiger partial charge in [-0.05, 0) is 68.5 Å². The number of aryl methyl sites for hydroxylation is 1. The minimum atomic E-state index is -0.300. The number of halogens is 2. The van der Waals surface area contributed by atoms with Crippen molar-refractivity contribution in [3.63, 3.8) is 0 Å². The molecule has 0 aliphatic heterocycles. The average molecular weight is 434 g/mol. The molecule has 0 fully saturated rings. The standard InChI is InChI=1S/C21H21Cl2N3OS/c1-13(24-21(27)25-17-12-14(22)8-9-16(17)23)19-15-6-2-3-7-18(15)28-20(19)26-10-4-5-11-26/h4-5,8-13H,2-3,6-7H2,1H3,(H2,24,25,27)/t13-/m1/s1. The second-order valence-electron chi connectivity index (χ2n) is 6.96. The summed E-state index contributed by atoms with van der Waals surface area (Å²) in [5.74, 6) is 0. The quantitative estimate of drug-likeness (QED) is 0.477. The van der Waals surface area contributed by atoms with Gasteiger partial charge in [0, 0.05) is 27.9 Å². The number of fused-ring (bicyclic) bond motifs is 1. The van der Waals surface area contributed by atoms with Crippen molar-refractivity contribution in [3.8, 4) is 5.00 Å². The van der Waals surface area contributed by atoms with Crippen LogP contribution in [-0.4, -0.2) is 10.6 Å². The number of hydrogen-bond acceptors (Lipinski definition) is 2. The number of carbonyl (C=O) groups excluding carboxylic acids is 1. The van der Waals surface area contributed by atoms with Crippen LogP contribution < -0.4 is 10.6 Å². The van der Waals surface area contributed by atoms with Crippen LogP contribution in [0.1, 0.15) is 41.8 Å². The van der Waals surface area contributed by atoms with Gasteiger partial charge in [0.2, 0.25) is 0 Å². The first kappa shape index (κ1) is 19.4. The molecule has 4 rings (SSSR count). The van der Waals surface area contributed by atoms with E-state index >= 15 is 0 Å². The molecule has 1 aromatic carbocycles. The molecule has 7 heteroatoms. The lowest BCUT2D eigenvalue weighted by atomic mass is 9.93. The summed E-state index contributed by atoms with van der Waals surface area (Å²) in [6, 6.07) is 8.62. The maximum absolute atomic E-state index is 12.6. The van der Waals surface area contributed by atoms with Crippen LogP contribution in [0.3, 0.4) is 0 Å². The topological polar surface area (TPSA) is 46.1 Å². The molecule has 2 aromatic heterocycles. The molecule has 1 atom stereocenters. The van der Waals surface area contributed by atoms with E-state index in [0.717, 1.165) is 12.8 Å². The Morgan fingerprint density at radius 2 is 1.93 bits per heavy atom. The second kappa shape index (κ2) is 8.19. The number of nitrogens with zero attached hydrogens (tertiary/aromatic N) is 1. The highest BCUT2D eigenvalue weighted by Crippen LogP contribution is 2.40. The van der Waals surface area contributed by atoms with Gasteiger partial charge in [0.15, 0.2) is 0 Å². The maximum Gasteiger partial charge on any atom is 0.319 e. The van der Waals surface area contributed by atoms with Crippen molar-refractivity contribution in [2.45, 2.75) is 38.6 Å².